The second kappa shape index (κ2) is 12.5. The molecular formula is C24H29ClN2O5S2. The number of aryl methyl sites for hydroxylation is 1. The molecule has 0 bridgehead atoms. The molecular weight excluding hydrogens is 496 g/mol. The van der Waals surface area contributed by atoms with Gasteiger partial charge in [-0.2, -0.15) is 4.31 Å². The molecule has 0 saturated heterocycles. The highest BCUT2D eigenvalue weighted by molar-refractivity contribution is 7.89. The van der Waals surface area contributed by atoms with Crippen molar-refractivity contribution < 1.29 is 22.6 Å². The molecule has 1 aromatic heterocycles. The summed E-state index contributed by atoms with van der Waals surface area (Å²) >= 11 is 7.55. The lowest BCUT2D eigenvalue weighted by atomic mass is 10.2. The minimum Gasteiger partial charge on any atom is -0.493 e. The lowest BCUT2D eigenvalue weighted by Gasteiger charge is -2.23. The van der Waals surface area contributed by atoms with E-state index in [1.807, 2.05) is 30.6 Å². The monoisotopic (exact) mass is 524 g/mol. The number of aromatic nitrogens is 1. The molecule has 0 spiro atoms. The highest BCUT2D eigenvalue weighted by atomic mass is 35.5. The third-order valence-electron chi connectivity index (χ3n) is 5.23. The van der Waals surface area contributed by atoms with Crippen molar-refractivity contribution in [3.63, 3.8) is 0 Å². The fraction of sp³-hybridized carbons (Fsp3) is 0.375. The van der Waals surface area contributed by atoms with Crippen molar-refractivity contribution in [3.8, 4) is 11.5 Å². The number of thiazole rings is 1. The maximum Gasteiger partial charge on any atom is 0.243 e. The Balaban J connectivity index is 1.75. The molecule has 2 aromatic carbocycles. The van der Waals surface area contributed by atoms with Gasteiger partial charge in [0.25, 0.3) is 0 Å². The van der Waals surface area contributed by atoms with Gasteiger partial charge in [0.15, 0.2) is 11.5 Å². The first-order valence-corrected chi connectivity index (χ1v) is 13.5. The minimum atomic E-state index is -3.73. The van der Waals surface area contributed by atoms with Crippen LogP contribution in [0.1, 0.15) is 22.6 Å². The van der Waals surface area contributed by atoms with Crippen LogP contribution in [0.15, 0.2) is 52.9 Å². The van der Waals surface area contributed by atoms with Crippen molar-refractivity contribution in [1.29, 1.82) is 0 Å². The van der Waals surface area contributed by atoms with Crippen LogP contribution in [-0.2, 0) is 27.7 Å². The first-order chi connectivity index (χ1) is 16.3. The van der Waals surface area contributed by atoms with Crippen LogP contribution in [-0.4, -0.2) is 51.7 Å². The average molecular weight is 525 g/mol. The topological polar surface area (TPSA) is 78.0 Å². The highest BCUT2D eigenvalue weighted by Gasteiger charge is 2.25. The molecule has 184 valence electrons. The van der Waals surface area contributed by atoms with Crippen LogP contribution in [0.25, 0.3) is 0 Å². The molecule has 0 saturated carbocycles. The lowest BCUT2D eigenvalue weighted by molar-refractivity contribution is 0.186. The van der Waals surface area contributed by atoms with Gasteiger partial charge >= 0.3 is 0 Å². The zero-order chi connectivity index (χ0) is 24.6. The van der Waals surface area contributed by atoms with Crippen LogP contribution in [0.4, 0.5) is 0 Å². The van der Waals surface area contributed by atoms with Crippen LogP contribution >= 0.6 is 22.9 Å². The Kier molecular flexibility index (Phi) is 9.73. The molecule has 0 amide bonds. The summed E-state index contributed by atoms with van der Waals surface area (Å²) in [5.41, 5.74) is 3.64. The molecule has 10 heteroatoms. The van der Waals surface area contributed by atoms with E-state index in [4.69, 9.17) is 25.8 Å². The minimum absolute atomic E-state index is 0.186. The Labute approximate surface area is 210 Å². The molecule has 0 aliphatic heterocycles. The molecule has 0 atom stereocenters. The van der Waals surface area contributed by atoms with E-state index in [0.29, 0.717) is 42.7 Å². The van der Waals surface area contributed by atoms with Gasteiger partial charge in [0.05, 0.1) is 29.8 Å². The number of hydrogen-bond donors (Lipinski definition) is 0. The van der Waals surface area contributed by atoms with Crippen molar-refractivity contribution in [2.24, 2.45) is 0 Å². The molecule has 0 N–H and O–H groups in total. The molecule has 3 rings (SSSR count). The van der Waals surface area contributed by atoms with E-state index in [-0.39, 0.29) is 11.4 Å². The van der Waals surface area contributed by atoms with Crippen LogP contribution in [0.5, 0.6) is 11.5 Å². The maximum absolute atomic E-state index is 13.3. The number of nitrogens with zero attached hydrogens (tertiary/aromatic N) is 2. The van der Waals surface area contributed by atoms with Gasteiger partial charge in [-0.25, -0.2) is 13.4 Å². The largest absolute Gasteiger partial charge is 0.493 e. The summed E-state index contributed by atoms with van der Waals surface area (Å²) in [5, 5.41) is 0.482. The number of methoxy groups -OCH3 is 2. The fourth-order valence-corrected chi connectivity index (χ4v) is 5.73. The standard InChI is InChI=1S/C24H29ClN2O5S2/c1-18-24(33-17-26-18)11-14-32-22-10-5-19(15-23(22)31-3)16-27(12-4-13-30-2)34(28,29)21-8-6-20(25)7-9-21/h5-10,15,17H,4,11-14,16H2,1-3H3. The molecule has 0 aliphatic rings. The average Bonchev–Trinajstić information content (AvgIpc) is 3.24. The highest BCUT2D eigenvalue weighted by Crippen LogP contribution is 2.30. The summed E-state index contributed by atoms with van der Waals surface area (Å²) in [6, 6.07) is 11.7. The normalized spacial score (nSPS) is 11.7. The van der Waals surface area contributed by atoms with Gasteiger partial charge in [-0.05, 0) is 55.3 Å². The number of rotatable bonds is 13. The first-order valence-electron chi connectivity index (χ1n) is 10.8. The third kappa shape index (κ3) is 6.93. The van der Waals surface area contributed by atoms with E-state index in [0.717, 1.165) is 17.7 Å². The summed E-state index contributed by atoms with van der Waals surface area (Å²) in [4.78, 5) is 5.64. The molecule has 0 aliphatic carbocycles. The maximum atomic E-state index is 13.3. The van der Waals surface area contributed by atoms with Crippen LogP contribution < -0.4 is 9.47 Å². The summed E-state index contributed by atoms with van der Waals surface area (Å²) in [5.74, 6) is 1.17. The van der Waals surface area contributed by atoms with E-state index in [1.54, 1.807) is 37.7 Å². The Morgan fingerprint density at radius 2 is 1.82 bits per heavy atom. The Morgan fingerprint density at radius 3 is 2.47 bits per heavy atom. The van der Waals surface area contributed by atoms with E-state index in [1.165, 1.54) is 21.3 Å². The number of benzene rings is 2. The summed E-state index contributed by atoms with van der Waals surface area (Å²) in [6.07, 6.45) is 1.33. The number of sulfonamides is 1. The number of ether oxygens (including phenoxy) is 3. The van der Waals surface area contributed by atoms with Crippen molar-refractivity contribution >= 4 is 33.0 Å². The second-order valence-electron chi connectivity index (χ2n) is 7.58. The van der Waals surface area contributed by atoms with E-state index >= 15 is 0 Å². The number of halogens is 1. The van der Waals surface area contributed by atoms with Gasteiger partial charge in [0.1, 0.15) is 0 Å². The van der Waals surface area contributed by atoms with Crippen LogP contribution in [0, 0.1) is 6.92 Å². The van der Waals surface area contributed by atoms with Crippen LogP contribution in [0.3, 0.4) is 0 Å². The van der Waals surface area contributed by atoms with Gasteiger partial charge in [-0.1, -0.05) is 17.7 Å². The lowest BCUT2D eigenvalue weighted by Crippen LogP contribution is -2.32. The van der Waals surface area contributed by atoms with Gasteiger partial charge in [-0.15, -0.1) is 11.3 Å². The second-order valence-corrected chi connectivity index (χ2v) is 10.9. The molecule has 1 heterocycles. The molecule has 34 heavy (non-hydrogen) atoms. The van der Waals surface area contributed by atoms with E-state index in [2.05, 4.69) is 4.98 Å². The fourth-order valence-electron chi connectivity index (χ4n) is 3.38. The Hall–Kier alpha value is -2.17. The Bertz CT molecular complexity index is 1170. The van der Waals surface area contributed by atoms with Gasteiger partial charge in [0, 0.05) is 43.1 Å². The smallest absolute Gasteiger partial charge is 0.243 e. The van der Waals surface area contributed by atoms with Crippen molar-refractivity contribution in [3.05, 3.63) is 69.1 Å². The summed E-state index contributed by atoms with van der Waals surface area (Å²) in [7, 11) is -0.563. The van der Waals surface area contributed by atoms with Crippen LogP contribution in [0.2, 0.25) is 5.02 Å². The predicted molar refractivity (Wildman–Crippen MR) is 135 cm³/mol. The number of hydrogen-bond acceptors (Lipinski definition) is 7. The van der Waals surface area contributed by atoms with Crippen molar-refractivity contribution in [2.75, 3.05) is 34.0 Å². The molecule has 0 radical (unpaired) electrons. The van der Waals surface area contributed by atoms with Gasteiger partial charge in [0.2, 0.25) is 10.0 Å². The Morgan fingerprint density at radius 1 is 1.06 bits per heavy atom. The van der Waals surface area contributed by atoms with Gasteiger partial charge < -0.3 is 14.2 Å². The third-order valence-corrected chi connectivity index (χ3v) is 8.33. The molecule has 0 fully saturated rings. The van der Waals surface area contributed by atoms with Gasteiger partial charge in [-0.3, -0.25) is 0 Å². The molecule has 0 unspecified atom stereocenters. The van der Waals surface area contributed by atoms with Crippen molar-refractivity contribution in [2.45, 2.75) is 31.2 Å². The molecule has 7 nitrogen and oxygen atoms in total. The predicted octanol–water partition coefficient (Wildman–Crippen LogP) is 4.96. The summed E-state index contributed by atoms with van der Waals surface area (Å²) in [6.45, 7) is 3.44. The molecule has 3 aromatic rings. The zero-order valence-electron chi connectivity index (χ0n) is 19.5. The zero-order valence-corrected chi connectivity index (χ0v) is 21.9. The quantitative estimate of drug-likeness (QED) is 0.294. The summed E-state index contributed by atoms with van der Waals surface area (Å²) < 4.78 is 44.7. The SMILES string of the molecule is COCCCN(Cc1ccc(OCCc2scnc2C)c(OC)c1)S(=O)(=O)c1ccc(Cl)cc1. The van der Waals surface area contributed by atoms with E-state index in [9.17, 15) is 8.42 Å². The first kappa shape index (κ1) is 26.4. The van der Waals surface area contributed by atoms with Crippen molar-refractivity contribution in [1.82, 2.24) is 9.29 Å². The van der Waals surface area contributed by atoms with E-state index < -0.39 is 10.0 Å².